The van der Waals surface area contributed by atoms with Gasteiger partial charge in [0.2, 0.25) is 10.0 Å². The highest BCUT2D eigenvalue weighted by Gasteiger charge is 2.30. The molecule has 0 spiro atoms. The van der Waals surface area contributed by atoms with Crippen molar-refractivity contribution in [1.29, 1.82) is 0 Å². The van der Waals surface area contributed by atoms with Crippen molar-refractivity contribution in [2.45, 2.75) is 26.2 Å². The fourth-order valence-electron chi connectivity index (χ4n) is 2.42. The minimum Gasteiger partial charge on any atom is -0.426 e. The molecule has 1 aliphatic rings. The first-order chi connectivity index (χ1) is 9.90. The van der Waals surface area contributed by atoms with Crippen LogP contribution >= 0.6 is 0 Å². The Balaban J connectivity index is 1.90. The van der Waals surface area contributed by atoms with Gasteiger partial charge in [-0.3, -0.25) is 4.79 Å². The Morgan fingerprint density at radius 2 is 1.81 bits per heavy atom. The maximum Gasteiger partial charge on any atom is 0.314 e. The van der Waals surface area contributed by atoms with Gasteiger partial charge in [0.25, 0.3) is 0 Å². The maximum absolute atomic E-state index is 12.1. The van der Waals surface area contributed by atoms with Crippen LogP contribution in [0, 0.1) is 5.92 Å². The Labute approximate surface area is 126 Å². The first kappa shape index (κ1) is 16.0. The summed E-state index contributed by atoms with van der Waals surface area (Å²) in [6.45, 7) is 2.83. The number of hydrogen-bond acceptors (Lipinski definition) is 4. The van der Waals surface area contributed by atoms with Gasteiger partial charge in [-0.2, -0.15) is 0 Å². The van der Waals surface area contributed by atoms with Crippen LogP contribution in [0.3, 0.4) is 0 Å². The Morgan fingerprint density at radius 1 is 1.24 bits per heavy atom. The predicted molar refractivity (Wildman–Crippen MR) is 80.6 cm³/mol. The van der Waals surface area contributed by atoms with E-state index in [-0.39, 0.29) is 11.9 Å². The number of piperidine rings is 1. The number of hydrogen-bond donors (Lipinski definition) is 0. The van der Waals surface area contributed by atoms with Gasteiger partial charge in [0.05, 0.1) is 12.2 Å². The number of esters is 1. The van der Waals surface area contributed by atoms with Gasteiger partial charge in [-0.15, -0.1) is 0 Å². The van der Waals surface area contributed by atoms with Gasteiger partial charge in [-0.05, 0) is 37.0 Å². The van der Waals surface area contributed by atoms with Crippen molar-refractivity contribution >= 4 is 16.0 Å². The number of sulfonamides is 1. The third kappa shape index (κ3) is 4.28. The molecule has 1 saturated heterocycles. The number of aryl methyl sites for hydroxylation is 1. The van der Waals surface area contributed by atoms with Gasteiger partial charge in [0, 0.05) is 13.1 Å². The van der Waals surface area contributed by atoms with Crippen LogP contribution in [0.5, 0.6) is 5.75 Å². The monoisotopic (exact) mass is 311 g/mol. The first-order valence-electron chi connectivity index (χ1n) is 7.16. The van der Waals surface area contributed by atoms with E-state index in [4.69, 9.17) is 4.74 Å². The summed E-state index contributed by atoms with van der Waals surface area (Å²) in [6.07, 6.45) is 3.16. The standard InChI is InChI=1S/C15H21NO4S/c1-3-12-4-6-14(7-5-12)20-15(17)13-8-10-16(11-9-13)21(2,18)19/h4-7,13H,3,8-11H2,1-2H3. The molecule has 6 heteroatoms. The molecule has 0 atom stereocenters. The molecule has 1 aromatic rings. The van der Waals surface area contributed by atoms with E-state index in [9.17, 15) is 13.2 Å². The molecule has 1 fully saturated rings. The average Bonchev–Trinajstić information content (AvgIpc) is 2.47. The second-order valence-corrected chi connectivity index (χ2v) is 7.34. The van der Waals surface area contributed by atoms with Crippen LogP contribution in [0.25, 0.3) is 0 Å². The molecule has 2 rings (SSSR count). The molecule has 1 heterocycles. The third-order valence-electron chi connectivity index (χ3n) is 3.81. The molecule has 1 aliphatic heterocycles. The molecule has 0 unspecified atom stereocenters. The predicted octanol–water partition coefficient (Wildman–Crippen LogP) is 1.83. The van der Waals surface area contributed by atoms with Gasteiger partial charge in [-0.1, -0.05) is 19.1 Å². The van der Waals surface area contributed by atoms with E-state index >= 15 is 0 Å². The Bertz CT molecular complexity index is 587. The molecule has 0 aliphatic carbocycles. The number of carbonyl (C=O) groups is 1. The topological polar surface area (TPSA) is 63.7 Å². The number of ether oxygens (including phenoxy) is 1. The van der Waals surface area contributed by atoms with Gasteiger partial charge in [0.15, 0.2) is 0 Å². The lowest BCUT2D eigenvalue weighted by Gasteiger charge is -2.28. The first-order valence-corrected chi connectivity index (χ1v) is 9.00. The van der Waals surface area contributed by atoms with Crippen LogP contribution in [0.1, 0.15) is 25.3 Å². The van der Waals surface area contributed by atoms with Gasteiger partial charge < -0.3 is 4.74 Å². The fourth-order valence-corrected chi connectivity index (χ4v) is 3.29. The lowest BCUT2D eigenvalue weighted by molar-refractivity contribution is -0.140. The Morgan fingerprint density at radius 3 is 2.29 bits per heavy atom. The highest BCUT2D eigenvalue weighted by Crippen LogP contribution is 2.22. The van der Waals surface area contributed by atoms with E-state index < -0.39 is 10.0 Å². The van der Waals surface area contributed by atoms with Crippen molar-refractivity contribution in [3.8, 4) is 5.75 Å². The smallest absolute Gasteiger partial charge is 0.314 e. The molecule has 116 valence electrons. The summed E-state index contributed by atoms with van der Waals surface area (Å²) in [6, 6.07) is 7.47. The summed E-state index contributed by atoms with van der Waals surface area (Å²) < 4.78 is 29.6. The summed E-state index contributed by atoms with van der Waals surface area (Å²) >= 11 is 0. The number of benzene rings is 1. The molecule has 21 heavy (non-hydrogen) atoms. The van der Waals surface area contributed by atoms with Crippen LogP contribution < -0.4 is 4.74 Å². The number of carbonyl (C=O) groups excluding carboxylic acids is 1. The normalized spacial score (nSPS) is 17.6. The summed E-state index contributed by atoms with van der Waals surface area (Å²) in [5, 5.41) is 0. The minimum atomic E-state index is -3.16. The Hall–Kier alpha value is -1.40. The van der Waals surface area contributed by atoms with E-state index in [0.717, 1.165) is 6.42 Å². The summed E-state index contributed by atoms with van der Waals surface area (Å²) in [5.41, 5.74) is 1.19. The molecule has 5 nitrogen and oxygen atoms in total. The third-order valence-corrected chi connectivity index (χ3v) is 5.11. The summed E-state index contributed by atoms with van der Waals surface area (Å²) in [4.78, 5) is 12.1. The van der Waals surface area contributed by atoms with Crippen molar-refractivity contribution in [2.75, 3.05) is 19.3 Å². The van der Waals surface area contributed by atoms with Crippen molar-refractivity contribution in [1.82, 2.24) is 4.31 Å². The molecule has 0 N–H and O–H groups in total. The van der Waals surface area contributed by atoms with Crippen molar-refractivity contribution in [3.05, 3.63) is 29.8 Å². The molecule has 0 radical (unpaired) electrons. The van der Waals surface area contributed by atoms with Crippen molar-refractivity contribution < 1.29 is 17.9 Å². The maximum atomic E-state index is 12.1. The van der Waals surface area contributed by atoms with E-state index in [1.54, 1.807) is 12.1 Å². The zero-order valence-electron chi connectivity index (χ0n) is 12.4. The molecule has 0 saturated carbocycles. The molecular weight excluding hydrogens is 290 g/mol. The second-order valence-electron chi connectivity index (χ2n) is 5.35. The van der Waals surface area contributed by atoms with E-state index in [2.05, 4.69) is 6.92 Å². The van der Waals surface area contributed by atoms with E-state index in [1.165, 1.54) is 16.1 Å². The minimum absolute atomic E-state index is 0.228. The number of rotatable bonds is 4. The van der Waals surface area contributed by atoms with E-state index in [1.807, 2.05) is 12.1 Å². The van der Waals surface area contributed by atoms with Crippen LogP contribution in [-0.2, 0) is 21.2 Å². The largest absolute Gasteiger partial charge is 0.426 e. The van der Waals surface area contributed by atoms with Gasteiger partial charge >= 0.3 is 5.97 Å². The molecule has 0 bridgehead atoms. The fraction of sp³-hybridized carbons (Fsp3) is 0.533. The molecule has 0 aromatic heterocycles. The number of nitrogens with zero attached hydrogens (tertiary/aromatic N) is 1. The summed E-state index contributed by atoms with van der Waals surface area (Å²) in [5.74, 6) is 0.0454. The van der Waals surface area contributed by atoms with Crippen LogP contribution in [0.15, 0.2) is 24.3 Å². The van der Waals surface area contributed by atoms with Crippen LogP contribution in [-0.4, -0.2) is 38.0 Å². The van der Waals surface area contributed by atoms with E-state index in [0.29, 0.717) is 31.7 Å². The highest BCUT2D eigenvalue weighted by atomic mass is 32.2. The zero-order chi connectivity index (χ0) is 15.5. The van der Waals surface area contributed by atoms with Crippen LogP contribution in [0.4, 0.5) is 0 Å². The second kappa shape index (κ2) is 6.58. The SMILES string of the molecule is CCc1ccc(OC(=O)C2CCN(S(C)(=O)=O)CC2)cc1. The average molecular weight is 311 g/mol. The Kier molecular flexibility index (Phi) is 5.00. The van der Waals surface area contributed by atoms with Gasteiger partial charge in [-0.25, -0.2) is 12.7 Å². The van der Waals surface area contributed by atoms with Crippen molar-refractivity contribution in [2.24, 2.45) is 5.92 Å². The van der Waals surface area contributed by atoms with Gasteiger partial charge in [0.1, 0.15) is 5.75 Å². The molecular formula is C15H21NO4S. The van der Waals surface area contributed by atoms with Crippen LogP contribution in [0.2, 0.25) is 0 Å². The highest BCUT2D eigenvalue weighted by molar-refractivity contribution is 7.88. The molecule has 0 amide bonds. The van der Waals surface area contributed by atoms with Crippen molar-refractivity contribution in [3.63, 3.8) is 0 Å². The lowest BCUT2D eigenvalue weighted by atomic mass is 9.98. The summed E-state index contributed by atoms with van der Waals surface area (Å²) in [7, 11) is -3.16. The zero-order valence-corrected chi connectivity index (χ0v) is 13.2. The lowest BCUT2D eigenvalue weighted by Crippen LogP contribution is -2.40. The molecule has 1 aromatic carbocycles. The quantitative estimate of drug-likeness (QED) is 0.628.